The zero-order valence-corrected chi connectivity index (χ0v) is 21.0. The fourth-order valence-electron chi connectivity index (χ4n) is 4.65. The molecule has 1 atom stereocenters. The summed E-state index contributed by atoms with van der Waals surface area (Å²) >= 11 is 6.50. The second kappa shape index (κ2) is 10.8. The minimum absolute atomic E-state index is 0.163. The number of nitrogens with one attached hydrogen (secondary N) is 1. The van der Waals surface area contributed by atoms with Crippen molar-refractivity contribution in [3.63, 3.8) is 0 Å². The Balaban J connectivity index is 1.61. The third-order valence-electron chi connectivity index (χ3n) is 6.47. The summed E-state index contributed by atoms with van der Waals surface area (Å²) in [5.74, 6) is -0.358. The van der Waals surface area contributed by atoms with E-state index in [2.05, 4.69) is 16.8 Å². The molecule has 3 aromatic carbocycles. The first kappa shape index (κ1) is 24.6. The summed E-state index contributed by atoms with van der Waals surface area (Å²) in [6, 6.07) is 24.3. The largest absolute Gasteiger partial charge is 0.344 e. The van der Waals surface area contributed by atoms with Gasteiger partial charge in [-0.2, -0.15) is 0 Å². The second-order valence-electron chi connectivity index (χ2n) is 8.66. The van der Waals surface area contributed by atoms with Gasteiger partial charge in [-0.05, 0) is 43.2 Å². The van der Waals surface area contributed by atoms with Gasteiger partial charge in [0.2, 0.25) is 11.8 Å². The van der Waals surface area contributed by atoms with Crippen LogP contribution in [0.4, 0.5) is 5.69 Å². The van der Waals surface area contributed by atoms with Crippen molar-refractivity contribution in [1.29, 1.82) is 0 Å². The van der Waals surface area contributed by atoms with Gasteiger partial charge < -0.3 is 14.8 Å². The number of amides is 2. The topological polar surface area (TPSA) is 54.3 Å². The Hall–Kier alpha value is -3.57. The number of benzene rings is 3. The molecule has 0 unspecified atom stereocenters. The fraction of sp³-hybridized carbons (Fsp3) is 0.241. The van der Waals surface area contributed by atoms with Crippen LogP contribution in [-0.4, -0.2) is 29.5 Å². The molecule has 4 aromatic rings. The van der Waals surface area contributed by atoms with Crippen LogP contribution in [0.2, 0.25) is 5.02 Å². The van der Waals surface area contributed by atoms with Gasteiger partial charge in [0.05, 0.1) is 17.0 Å². The predicted octanol–water partition coefficient (Wildman–Crippen LogP) is 5.56. The first-order chi connectivity index (χ1) is 16.9. The van der Waals surface area contributed by atoms with Gasteiger partial charge in [-0.25, -0.2) is 0 Å². The van der Waals surface area contributed by atoms with E-state index >= 15 is 0 Å². The quantitative estimate of drug-likeness (QED) is 0.354. The van der Waals surface area contributed by atoms with Gasteiger partial charge >= 0.3 is 0 Å². The number of halogens is 1. The standard InChI is InChI=1S/C29H30ClN3O2/c1-4-33-20(2)24(23-16-11-17-25(30)28(23)33)19-27(34)31-26(18-21-12-7-5-8-13-21)29(35)32(3)22-14-9-6-10-15-22/h5-17,26H,4,18-19H2,1-3H3,(H,31,34)/t26-/m0/s1. The van der Waals surface area contributed by atoms with Crippen molar-refractivity contribution in [2.45, 2.75) is 39.3 Å². The lowest BCUT2D eigenvalue weighted by atomic mass is 10.0. The molecule has 0 saturated heterocycles. The van der Waals surface area contributed by atoms with E-state index in [4.69, 9.17) is 11.6 Å². The first-order valence-corrected chi connectivity index (χ1v) is 12.2. The first-order valence-electron chi connectivity index (χ1n) is 11.8. The maximum absolute atomic E-state index is 13.5. The highest BCUT2D eigenvalue weighted by atomic mass is 35.5. The molecule has 0 aliphatic rings. The molecule has 5 nitrogen and oxygen atoms in total. The van der Waals surface area contributed by atoms with Crippen LogP contribution in [0, 0.1) is 6.92 Å². The lowest BCUT2D eigenvalue weighted by molar-refractivity contribution is -0.127. The molecule has 0 fully saturated rings. The van der Waals surface area contributed by atoms with Gasteiger partial charge in [0.15, 0.2) is 0 Å². The Morgan fingerprint density at radius 3 is 2.29 bits per heavy atom. The molecule has 1 heterocycles. The summed E-state index contributed by atoms with van der Waals surface area (Å²) in [6.07, 6.45) is 0.577. The Morgan fingerprint density at radius 1 is 0.971 bits per heavy atom. The molecular formula is C29H30ClN3O2. The number of anilines is 1. The molecule has 0 radical (unpaired) electrons. The van der Waals surface area contributed by atoms with Crippen LogP contribution in [0.25, 0.3) is 10.9 Å². The van der Waals surface area contributed by atoms with Crippen molar-refractivity contribution in [2.24, 2.45) is 0 Å². The molecule has 4 rings (SSSR count). The summed E-state index contributed by atoms with van der Waals surface area (Å²) in [5.41, 5.74) is 4.65. The van der Waals surface area contributed by atoms with Crippen LogP contribution >= 0.6 is 11.6 Å². The van der Waals surface area contributed by atoms with Crippen molar-refractivity contribution in [1.82, 2.24) is 9.88 Å². The molecule has 6 heteroatoms. The second-order valence-corrected chi connectivity index (χ2v) is 9.07. The van der Waals surface area contributed by atoms with E-state index in [1.54, 1.807) is 11.9 Å². The van der Waals surface area contributed by atoms with Crippen molar-refractivity contribution in [2.75, 3.05) is 11.9 Å². The van der Waals surface area contributed by atoms with Crippen LogP contribution in [0.5, 0.6) is 0 Å². The number of fused-ring (bicyclic) bond motifs is 1. The average Bonchev–Trinajstić information content (AvgIpc) is 3.15. The van der Waals surface area contributed by atoms with Crippen molar-refractivity contribution in [3.05, 3.63) is 101 Å². The molecule has 2 amide bonds. The Bertz CT molecular complexity index is 1330. The lowest BCUT2D eigenvalue weighted by Gasteiger charge is -2.25. The maximum atomic E-state index is 13.5. The van der Waals surface area contributed by atoms with Gasteiger partial charge in [-0.15, -0.1) is 0 Å². The Labute approximate surface area is 211 Å². The van der Waals surface area contributed by atoms with Gasteiger partial charge in [0.1, 0.15) is 6.04 Å². The third-order valence-corrected chi connectivity index (χ3v) is 6.77. The van der Waals surface area contributed by atoms with Crippen molar-refractivity contribution >= 4 is 40.0 Å². The van der Waals surface area contributed by atoms with E-state index in [1.807, 2.05) is 85.8 Å². The Morgan fingerprint density at radius 2 is 1.63 bits per heavy atom. The summed E-state index contributed by atoms with van der Waals surface area (Å²) in [5, 5.41) is 4.66. The highest BCUT2D eigenvalue weighted by Crippen LogP contribution is 2.31. The van der Waals surface area contributed by atoms with E-state index in [0.717, 1.165) is 40.0 Å². The van der Waals surface area contributed by atoms with Crippen LogP contribution < -0.4 is 10.2 Å². The average molecular weight is 488 g/mol. The third kappa shape index (κ3) is 5.25. The number of rotatable bonds is 8. The van der Waals surface area contributed by atoms with Crippen LogP contribution in [0.3, 0.4) is 0 Å². The van der Waals surface area contributed by atoms with Gasteiger partial charge in [0.25, 0.3) is 0 Å². The predicted molar refractivity (Wildman–Crippen MR) is 143 cm³/mol. The normalized spacial score (nSPS) is 11.9. The summed E-state index contributed by atoms with van der Waals surface area (Å²) < 4.78 is 2.13. The monoisotopic (exact) mass is 487 g/mol. The van der Waals surface area contributed by atoms with E-state index in [0.29, 0.717) is 11.4 Å². The van der Waals surface area contributed by atoms with E-state index in [-0.39, 0.29) is 18.2 Å². The van der Waals surface area contributed by atoms with Crippen molar-refractivity contribution in [3.8, 4) is 0 Å². The van der Waals surface area contributed by atoms with Gasteiger partial charge in [0, 0.05) is 36.8 Å². The molecule has 1 aromatic heterocycles. The summed E-state index contributed by atoms with van der Waals surface area (Å²) in [7, 11) is 1.74. The van der Waals surface area contributed by atoms with E-state index in [9.17, 15) is 9.59 Å². The number of hydrogen-bond donors (Lipinski definition) is 1. The number of carbonyl (C=O) groups excluding carboxylic acids is 2. The highest BCUT2D eigenvalue weighted by molar-refractivity contribution is 6.35. The fourth-order valence-corrected chi connectivity index (χ4v) is 4.92. The molecular weight excluding hydrogens is 458 g/mol. The lowest BCUT2D eigenvalue weighted by Crippen LogP contribution is -2.49. The van der Waals surface area contributed by atoms with Crippen LogP contribution in [0.1, 0.15) is 23.7 Å². The number of nitrogens with zero attached hydrogens (tertiary/aromatic N) is 2. The van der Waals surface area contributed by atoms with Crippen LogP contribution in [-0.2, 0) is 29.0 Å². The smallest absolute Gasteiger partial charge is 0.249 e. The summed E-state index contributed by atoms with van der Waals surface area (Å²) in [4.78, 5) is 28.4. The molecule has 35 heavy (non-hydrogen) atoms. The zero-order chi connectivity index (χ0) is 24.9. The van der Waals surface area contributed by atoms with E-state index < -0.39 is 6.04 Å². The zero-order valence-electron chi connectivity index (χ0n) is 20.3. The minimum Gasteiger partial charge on any atom is -0.344 e. The van der Waals surface area contributed by atoms with E-state index in [1.165, 1.54) is 0 Å². The minimum atomic E-state index is -0.696. The highest BCUT2D eigenvalue weighted by Gasteiger charge is 2.26. The molecule has 0 aliphatic carbocycles. The number of aromatic nitrogens is 1. The number of para-hydroxylation sites is 2. The number of likely N-dealkylation sites (N-methyl/N-ethyl adjacent to an activating group) is 1. The summed E-state index contributed by atoms with van der Waals surface area (Å²) in [6.45, 7) is 4.83. The molecule has 180 valence electrons. The molecule has 0 spiro atoms. The molecule has 0 aliphatic heterocycles. The molecule has 1 N–H and O–H groups in total. The van der Waals surface area contributed by atoms with Crippen molar-refractivity contribution < 1.29 is 9.59 Å². The molecule has 0 saturated carbocycles. The Kier molecular flexibility index (Phi) is 7.57. The SMILES string of the molecule is CCn1c(C)c(CC(=O)N[C@@H](Cc2ccccc2)C(=O)N(C)c2ccccc2)c2cccc(Cl)c21. The van der Waals surface area contributed by atoms with Crippen LogP contribution in [0.15, 0.2) is 78.9 Å². The number of aryl methyl sites for hydroxylation is 1. The number of hydrogen-bond acceptors (Lipinski definition) is 2. The van der Waals surface area contributed by atoms with Gasteiger partial charge in [-0.1, -0.05) is 72.3 Å². The van der Waals surface area contributed by atoms with Gasteiger partial charge in [-0.3, -0.25) is 9.59 Å². The maximum Gasteiger partial charge on any atom is 0.249 e. The molecule has 0 bridgehead atoms. The number of carbonyl (C=O) groups is 2.